The van der Waals surface area contributed by atoms with E-state index < -0.39 is 0 Å². The van der Waals surface area contributed by atoms with Crippen LogP contribution in [0.4, 0.5) is 0 Å². The van der Waals surface area contributed by atoms with Crippen LogP contribution in [0, 0.1) is 22.7 Å². The predicted octanol–water partition coefficient (Wildman–Crippen LogP) is 2.63. The summed E-state index contributed by atoms with van der Waals surface area (Å²) in [5.41, 5.74) is -0.140. The molecule has 0 N–H and O–H groups in total. The second kappa shape index (κ2) is 3.07. The van der Waals surface area contributed by atoms with Crippen molar-refractivity contribution in [1.82, 2.24) is 10.1 Å². The molecule has 2 rings (SSSR count). The highest BCUT2D eigenvalue weighted by Gasteiger charge is 2.62. The number of hydrogen-bond acceptors (Lipinski definition) is 4. The van der Waals surface area contributed by atoms with Gasteiger partial charge in [0.25, 0.3) is 0 Å². The molecule has 16 heavy (non-hydrogen) atoms. The summed E-state index contributed by atoms with van der Waals surface area (Å²) in [4.78, 5) is 4.41. The molecule has 1 aliphatic rings. The zero-order valence-electron chi connectivity index (χ0n) is 10.4. The van der Waals surface area contributed by atoms with Crippen molar-refractivity contribution in [3.63, 3.8) is 0 Å². The van der Waals surface area contributed by atoms with Gasteiger partial charge in [-0.25, -0.2) is 0 Å². The van der Waals surface area contributed by atoms with Gasteiger partial charge in [-0.15, -0.1) is 0 Å². The Labute approximate surface area is 95.7 Å². The first-order valence-electron chi connectivity index (χ1n) is 5.52. The van der Waals surface area contributed by atoms with Gasteiger partial charge in [0, 0.05) is 5.41 Å². The molecule has 1 saturated carbocycles. The van der Waals surface area contributed by atoms with Crippen LogP contribution in [0.2, 0.25) is 0 Å². The lowest BCUT2D eigenvalue weighted by atomic mass is 9.96. The summed E-state index contributed by atoms with van der Waals surface area (Å²) in [6.45, 7) is 10.3. The first-order valence-corrected chi connectivity index (χ1v) is 5.52. The van der Waals surface area contributed by atoms with E-state index in [1.54, 1.807) is 0 Å². The molecule has 4 nitrogen and oxygen atoms in total. The minimum Gasteiger partial charge on any atom is -0.339 e. The second-order valence-electron chi connectivity index (χ2n) is 6.11. The molecule has 1 aromatic rings. The first kappa shape index (κ1) is 11.1. The largest absolute Gasteiger partial charge is 0.339 e. The molecule has 1 fully saturated rings. The highest BCUT2D eigenvalue weighted by molar-refractivity contribution is 5.26. The molecule has 1 heterocycles. The van der Waals surface area contributed by atoms with Crippen LogP contribution in [-0.4, -0.2) is 10.1 Å². The monoisotopic (exact) mass is 219 g/mol. The van der Waals surface area contributed by atoms with Crippen molar-refractivity contribution in [3.8, 4) is 6.07 Å². The van der Waals surface area contributed by atoms with Crippen LogP contribution in [0.15, 0.2) is 4.52 Å². The molecule has 0 amide bonds. The number of rotatable bonds is 1. The summed E-state index contributed by atoms with van der Waals surface area (Å²) >= 11 is 0. The van der Waals surface area contributed by atoms with Crippen molar-refractivity contribution < 1.29 is 4.52 Å². The Bertz CT molecular complexity index is 448. The summed E-state index contributed by atoms with van der Waals surface area (Å²) in [5.74, 6) is 1.42. The van der Waals surface area contributed by atoms with E-state index >= 15 is 0 Å². The highest BCUT2D eigenvalue weighted by Crippen LogP contribution is 2.63. The molecule has 0 radical (unpaired) electrons. The Morgan fingerprint density at radius 3 is 2.38 bits per heavy atom. The molecule has 0 aliphatic heterocycles. The minimum atomic E-state index is -0.108. The normalized spacial score (nSPS) is 27.5. The third-order valence-electron chi connectivity index (χ3n) is 3.35. The average molecular weight is 219 g/mol. The van der Waals surface area contributed by atoms with Crippen LogP contribution in [-0.2, 0) is 5.41 Å². The number of hydrogen-bond donors (Lipinski definition) is 0. The molecule has 4 heteroatoms. The van der Waals surface area contributed by atoms with Gasteiger partial charge in [0.15, 0.2) is 5.82 Å². The van der Waals surface area contributed by atoms with E-state index in [9.17, 15) is 0 Å². The summed E-state index contributed by atoms with van der Waals surface area (Å²) < 4.78 is 5.27. The van der Waals surface area contributed by atoms with Gasteiger partial charge in [-0.1, -0.05) is 39.8 Å². The van der Waals surface area contributed by atoms with Crippen molar-refractivity contribution in [2.24, 2.45) is 11.3 Å². The van der Waals surface area contributed by atoms with Crippen LogP contribution >= 0.6 is 0 Å². The first-order chi connectivity index (χ1) is 7.28. The van der Waals surface area contributed by atoms with Crippen LogP contribution in [0.3, 0.4) is 0 Å². The Hall–Kier alpha value is -1.37. The Kier molecular flexibility index (Phi) is 2.13. The van der Waals surface area contributed by atoms with E-state index in [2.05, 4.69) is 30.1 Å². The topological polar surface area (TPSA) is 62.7 Å². The van der Waals surface area contributed by atoms with E-state index in [0.29, 0.717) is 11.7 Å². The van der Waals surface area contributed by atoms with Gasteiger partial charge in [-0.2, -0.15) is 10.2 Å². The minimum absolute atomic E-state index is 0.000711. The zero-order chi connectivity index (χ0) is 12.1. The zero-order valence-corrected chi connectivity index (χ0v) is 10.4. The van der Waals surface area contributed by atoms with Crippen molar-refractivity contribution in [1.29, 1.82) is 5.26 Å². The lowest BCUT2D eigenvalue weighted by molar-refractivity contribution is 0.354. The number of nitriles is 1. The SMILES string of the molecule is CC(C)(C)c1noc(C2C(C#N)C2(C)C)n1. The summed E-state index contributed by atoms with van der Waals surface area (Å²) in [7, 11) is 0. The molecule has 0 aromatic carbocycles. The number of aromatic nitrogens is 2. The van der Waals surface area contributed by atoms with Crippen LogP contribution < -0.4 is 0 Å². The fourth-order valence-corrected chi connectivity index (χ4v) is 2.01. The molecule has 2 unspecified atom stereocenters. The van der Waals surface area contributed by atoms with E-state index in [4.69, 9.17) is 9.78 Å². The van der Waals surface area contributed by atoms with Crippen molar-refractivity contribution in [2.75, 3.05) is 0 Å². The van der Waals surface area contributed by atoms with E-state index in [-0.39, 0.29) is 22.7 Å². The predicted molar refractivity (Wildman–Crippen MR) is 58.6 cm³/mol. The third kappa shape index (κ3) is 1.51. The molecular formula is C12H17N3O. The van der Waals surface area contributed by atoms with Gasteiger partial charge < -0.3 is 4.52 Å². The lowest BCUT2D eigenvalue weighted by Crippen LogP contribution is -2.13. The maximum absolute atomic E-state index is 9.00. The van der Waals surface area contributed by atoms with Crippen molar-refractivity contribution >= 4 is 0 Å². The molecule has 0 saturated heterocycles. The maximum Gasteiger partial charge on any atom is 0.231 e. The fourth-order valence-electron chi connectivity index (χ4n) is 2.01. The van der Waals surface area contributed by atoms with Crippen molar-refractivity contribution in [2.45, 2.75) is 46.0 Å². The molecule has 0 spiro atoms. The smallest absolute Gasteiger partial charge is 0.231 e. The molecule has 86 valence electrons. The molecular weight excluding hydrogens is 202 g/mol. The Morgan fingerprint density at radius 1 is 1.38 bits per heavy atom. The van der Waals surface area contributed by atoms with Crippen LogP contribution in [0.1, 0.15) is 52.3 Å². The van der Waals surface area contributed by atoms with Gasteiger partial charge in [0.05, 0.1) is 17.9 Å². The highest BCUT2D eigenvalue weighted by atomic mass is 16.5. The van der Waals surface area contributed by atoms with E-state index in [1.165, 1.54) is 0 Å². The average Bonchev–Trinajstić information content (AvgIpc) is 2.57. The van der Waals surface area contributed by atoms with E-state index in [1.807, 2.05) is 20.8 Å². The molecule has 1 aliphatic carbocycles. The van der Waals surface area contributed by atoms with Gasteiger partial charge in [-0.05, 0) is 5.41 Å². The van der Waals surface area contributed by atoms with Crippen LogP contribution in [0.5, 0.6) is 0 Å². The molecule has 0 bridgehead atoms. The summed E-state index contributed by atoms with van der Waals surface area (Å²) in [6, 6.07) is 2.30. The maximum atomic E-state index is 9.00. The van der Waals surface area contributed by atoms with Gasteiger partial charge in [0.2, 0.25) is 5.89 Å². The van der Waals surface area contributed by atoms with Gasteiger partial charge in [-0.3, -0.25) is 0 Å². The quantitative estimate of drug-likeness (QED) is 0.728. The standard InChI is InChI=1S/C12H17N3O/c1-11(2,3)10-14-9(16-15-10)8-7(6-13)12(8,4)5/h7-8H,1-5H3. The third-order valence-corrected chi connectivity index (χ3v) is 3.35. The Balaban J connectivity index is 2.26. The second-order valence-corrected chi connectivity index (χ2v) is 6.11. The van der Waals surface area contributed by atoms with Crippen molar-refractivity contribution in [3.05, 3.63) is 11.7 Å². The summed E-state index contributed by atoms with van der Waals surface area (Å²) in [5, 5.41) is 13.0. The van der Waals surface area contributed by atoms with Crippen LogP contribution in [0.25, 0.3) is 0 Å². The van der Waals surface area contributed by atoms with E-state index in [0.717, 1.165) is 0 Å². The molecule has 1 aromatic heterocycles. The lowest BCUT2D eigenvalue weighted by Gasteiger charge is -2.10. The van der Waals surface area contributed by atoms with Gasteiger partial charge >= 0.3 is 0 Å². The fraction of sp³-hybridized carbons (Fsp3) is 0.750. The molecule has 2 atom stereocenters. The summed E-state index contributed by atoms with van der Waals surface area (Å²) in [6.07, 6.45) is 0. The Morgan fingerprint density at radius 2 is 2.00 bits per heavy atom. The van der Waals surface area contributed by atoms with Gasteiger partial charge in [0.1, 0.15) is 0 Å². The number of nitrogens with zero attached hydrogens (tertiary/aromatic N) is 3.